The molecule has 0 amide bonds. The van der Waals surface area contributed by atoms with E-state index in [1.165, 1.54) is 31.2 Å². The number of hydrogen-bond acceptors (Lipinski definition) is 5. The van der Waals surface area contributed by atoms with Crippen LogP contribution in [-0.2, 0) is 15.6 Å². The molecule has 0 spiro atoms. The highest BCUT2D eigenvalue weighted by Crippen LogP contribution is 2.22. The van der Waals surface area contributed by atoms with E-state index in [1.54, 1.807) is 6.92 Å². The number of nitrogens with zero attached hydrogens (tertiary/aromatic N) is 1. The fourth-order valence-electron chi connectivity index (χ4n) is 1.94. The summed E-state index contributed by atoms with van der Waals surface area (Å²) in [7, 11) is -3.67. The number of carbonyl (C=O) groups is 1. The van der Waals surface area contributed by atoms with Gasteiger partial charge in [-0.1, -0.05) is 11.2 Å². The van der Waals surface area contributed by atoms with Gasteiger partial charge >= 0.3 is 5.97 Å². The van der Waals surface area contributed by atoms with Crippen LogP contribution in [0.3, 0.4) is 0 Å². The van der Waals surface area contributed by atoms with Gasteiger partial charge < -0.3 is 9.63 Å². The van der Waals surface area contributed by atoms with Gasteiger partial charge in [-0.25, -0.2) is 13.2 Å². The number of sulfone groups is 1. The zero-order valence-corrected chi connectivity index (χ0v) is 11.8. The molecule has 6 nitrogen and oxygen atoms in total. The van der Waals surface area contributed by atoms with Crippen LogP contribution in [0, 0.1) is 13.8 Å². The minimum Gasteiger partial charge on any atom is -0.478 e. The molecule has 20 heavy (non-hydrogen) atoms. The quantitative estimate of drug-likeness (QED) is 0.926. The molecule has 1 aromatic heterocycles. The summed E-state index contributed by atoms with van der Waals surface area (Å²) in [6.45, 7) is 3.14. The van der Waals surface area contributed by atoms with E-state index in [1.807, 2.05) is 0 Å². The highest BCUT2D eigenvalue weighted by atomic mass is 32.2. The standard InChI is InChI=1S/C13H13NO5S/c1-8-6-10(14-19-8)7-20(17,18)12-5-3-4-11(9(12)2)13(15)16/h3-6H,7H2,1-2H3,(H,15,16). The van der Waals surface area contributed by atoms with Crippen LogP contribution in [0.25, 0.3) is 0 Å². The first-order valence-electron chi connectivity index (χ1n) is 5.79. The van der Waals surface area contributed by atoms with E-state index in [-0.39, 0.29) is 21.8 Å². The lowest BCUT2D eigenvalue weighted by atomic mass is 10.1. The average molecular weight is 295 g/mol. The number of aromatic nitrogens is 1. The van der Waals surface area contributed by atoms with Crippen molar-refractivity contribution in [1.29, 1.82) is 0 Å². The van der Waals surface area contributed by atoms with Crippen LogP contribution in [0.2, 0.25) is 0 Å². The molecule has 0 bridgehead atoms. The van der Waals surface area contributed by atoms with Crippen molar-refractivity contribution in [2.45, 2.75) is 24.5 Å². The van der Waals surface area contributed by atoms with E-state index < -0.39 is 15.8 Å². The van der Waals surface area contributed by atoms with Crippen molar-refractivity contribution in [2.75, 3.05) is 0 Å². The molecule has 7 heteroatoms. The van der Waals surface area contributed by atoms with Crippen molar-refractivity contribution in [3.8, 4) is 0 Å². The van der Waals surface area contributed by atoms with Crippen molar-refractivity contribution in [1.82, 2.24) is 5.16 Å². The molecule has 2 aromatic rings. The molecule has 0 saturated carbocycles. The molecule has 2 rings (SSSR count). The van der Waals surface area contributed by atoms with Gasteiger partial charge in [-0.05, 0) is 31.5 Å². The Kier molecular flexibility index (Phi) is 3.63. The van der Waals surface area contributed by atoms with Gasteiger partial charge in [0.2, 0.25) is 0 Å². The highest BCUT2D eigenvalue weighted by molar-refractivity contribution is 7.90. The molecule has 0 aliphatic rings. The van der Waals surface area contributed by atoms with Crippen molar-refractivity contribution < 1.29 is 22.8 Å². The summed E-state index contributed by atoms with van der Waals surface area (Å²) in [5.41, 5.74) is 0.491. The lowest BCUT2D eigenvalue weighted by Gasteiger charge is -2.08. The van der Waals surface area contributed by atoms with E-state index in [0.717, 1.165) is 0 Å². The molecular formula is C13H13NO5S. The van der Waals surface area contributed by atoms with Crippen molar-refractivity contribution >= 4 is 15.8 Å². The van der Waals surface area contributed by atoms with E-state index in [9.17, 15) is 13.2 Å². The smallest absolute Gasteiger partial charge is 0.335 e. The average Bonchev–Trinajstić information content (AvgIpc) is 2.73. The molecule has 0 fully saturated rings. The van der Waals surface area contributed by atoms with Crippen molar-refractivity contribution in [3.05, 3.63) is 46.8 Å². The van der Waals surface area contributed by atoms with Gasteiger partial charge in [0.25, 0.3) is 0 Å². The number of carboxylic acid groups (broad SMARTS) is 1. The topological polar surface area (TPSA) is 97.5 Å². The molecule has 0 radical (unpaired) electrons. The van der Waals surface area contributed by atoms with Crippen LogP contribution in [0.15, 0.2) is 33.7 Å². The number of aromatic carboxylic acids is 1. The van der Waals surface area contributed by atoms with Gasteiger partial charge in [0.15, 0.2) is 9.84 Å². The Bertz CT molecular complexity index is 761. The zero-order chi connectivity index (χ0) is 14.9. The van der Waals surface area contributed by atoms with Crippen molar-refractivity contribution in [2.24, 2.45) is 0 Å². The number of hydrogen-bond donors (Lipinski definition) is 1. The first-order valence-corrected chi connectivity index (χ1v) is 7.44. The molecule has 106 valence electrons. The fraction of sp³-hybridized carbons (Fsp3) is 0.231. The Hall–Kier alpha value is -2.15. The van der Waals surface area contributed by atoms with E-state index in [0.29, 0.717) is 11.5 Å². The lowest BCUT2D eigenvalue weighted by molar-refractivity contribution is 0.0696. The third-order valence-corrected chi connectivity index (χ3v) is 4.65. The van der Waals surface area contributed by atoms with E-state index in [2.05, 4.69) is 5.16 Å². The summed E-state index contributed by atoms with van der Waals surface area (Å²) >= 11 is 0. The minimum atomic E-state index is -3.67. The SMILES string of the molecule is Cc1cc(CS(=O)(=O)c2cccc(C(=O)O)c2C)no1. The molecular weight excluding hydrogens is 282 g/mol. The van der Waals surface area contributed by atoms with Gasteiger partial charge in [-0.2, -0.15) is 0 Å². The van der Waals surface area contributed by atoms with Gasteiger partial charge in [0.05, 0.1) is 16.2 Å². The molecule has 0 aliphatic heterocycles. The van der Waals surface area contributed by atoms with Crippen LogP contribution in [0.4, 0.5) is 0 Å². The number of benzene rings is 1. The van der Waals surface area contributed by atoms with Crippen LogP contribution < -0.4 is 0 Å². The minimum absolute atomic E-state index is 0.00180. The third kappa shape index (κ3) is 2.72. The van der Waals surface area contributed by atoms with Gasteiger partial charge in [-0.3, -0.25) is 0 Å². The molecule has 0 unspecified atom stereocenters. The molecule has 0 aliphatic carbocycles. The fourth-order valence-corrected chi connectivity index (χ4v) is 3.48. The lowest BCUT2D eigenvalue weighted by Crippen LogP contribution is -2.10. The van der Waals surface area contributed by atoms with Crippen LogP contribution in [-0.4, -0.2) is 24.7 Å². The van der Waals surface area contributed by atoms with Gasteiger partial charge in [0, 0.05) is 6.07 Å². The Morgan fingerprint density at radius 3 is 2.60 bits per heavy atom. The molecule has 0 saturated heterocycles. The summed E-state index contributed by atoms with van der Waals surface area (Å²) in [5.74, 6) is -0.961. The van der Waals surface area contributed by atoms with E-state index >= 15 is 0 Å². The maximum absolute atomic E-state index is 12.3. The second-order valence-electron chi connectivity index (χ2n) is 4.42. The molecule has 0 atom stereocenters. The Morgan fingerprint density at radius 2 is 2.05 bits per heavy atom. The second kappa shape index (κ2) is 5.09. The first kappa shape index (κ1) is 14.3. The largest absolute Gasteiger partial charge is 0.478 e. The van der Waals surface area contributed by atoms with Crippen LogP contribution in [0.1, 0.15) is 27.4 Å². The number of rotatable bonds is 4. The Balaban J connectivity index is 2.44. The maximum Gasteiger partial charge on any atom is 0.335 e. The Labute approximate surface area is 115 Å². The predicted octanol–water partition coefficient (Wildman–Crippen LogP) is 1.96. The normalized spacial score (nSPS) is 11.5. The van der Waals surface area contributed by atoms with Gasteiger partial charge in [0.1, 0.15) is 11.5 Å². The molecule has 1 heterocycles. The first-order chi connectivity index (χ1) is 9.31. The summed E-state index contributed by atoms with van der Waals surface area (Å²) < 4.78 is 29.5. The summed E-state index contributed by atoms with van der Waals surface area (Å²) in [4.78, 5) is 11.0. The summed E-state index contributed by atoms with van der Waals surface area (Å²) in [6, 6.07) is 5.71. The second-order valence-corrected chi connectivity index (χ2v) is 6.38. The maximum atomic E-state index is 12.3. The number of carboxylic acids is 1. The van der Waals surface area contributed by atoms with E-state index in [4.69, 9.17) is 9.63 Å². The number of aryl methyl sites for hydroxylation is 1. The predicted molar refractivity (Wildman–Crippen MR) is 70.3 cm³/mol. The van der Waals surface area contributed by atoms with Gasteiger partial charge in [-0.15, -0.1) is 0 Å². The highest BCUT2D eigenvalue weighted by Gasteiger charge is 2.22. The molecule has 1 N–H and O–H groups in total. The van der Waals surface area contributed by atoms with Crippen molar-refractivity contribution in [3.63, 3.8) is 0 Å². The third-order valence-electron chi connectivity index (χ3n) is 2.86. The Morgan fingerprint density at radius 1 is 1.35 bits per heavy atom. The van der Waals surface area contributed by atoms with Crippen LogP contribution >= 0.6 is 0 Å². The summed E-state index contributed by atoms with van der Waals surface area (Å²) in [6.07, 6.45) is 0. The van der Waals surface area contributed by atoms with Crippen LogP contribution in [0.5, 0.6) is 0 Å². The molecule has 1 aromatic carbocycles. The zero-order valence-electron chi connectivity index (χ0n) is 11.0. The summed E-state index contributed by atoms with van der Waals surface area (Å²) in [5, 5.41) is 12.7. The monoisotopic (exact) mass is 295 g/mol.